The zero-order valence-electron chi connectivity index (χ0n) is 11.7. The molecule has 0 saturated carbocycles. The summed E-state index contributed by atoms with van der Waals surface area (Å²) >= 11 is 0. The van der Waals surface area contributed by atoms with Crippen molar-refractivity contribution in [2.75, 3.05) is 6.61 Å². The maximum absolute atomic E-state index is 9.09. The van der Waals surface area contributed by atoms with Crippen LogP contribution in [-0.4, -0.2) is 27.0 Å². The molecule has 0 radical (unpaired) electrons. The molecule has 1 unspecified atom stereocenters. The second-order valence-corrected chi connectivity index (χ2v) is 5.01. The first-order valence-corrected chi connectivity index (χ1v) is 6.28. The molecule has 4 heteroatoms. The van der Waals surface area contributed by atoms with E-state index in [1.807, 2.05) is 18.7 Å². The van der Waals surface area contributed by atoms with Gasteiger partial charge in [0.2, 0.25) is 0 Å². The molecular weight excluding hydrogens is 214 g/mol. The van der Waals surface area contributed by atoms with Crippen molar-refractivity contribution in [2.24, 2.45) is 7.05 Å². The van der Waals surface area contributed by atoms with Crippen LogP contribution in [0.4, 0.5) is 0 Å². The lowest BCUT2D eigenvalue weighted by Gasteiger charge is -2.29. The smallest absolute Gasteiger partial charge is 0.0641 e. The van der Waals surface area contributed by atoms with E-state index in [4.69, 9.17) is 5.11 Å². The van der Waals surface area contributed by atoms with Gasteiger partial charge in [0.25, 0.3) is 0 Å². The molecule has 98 valence electrons. The summed E-state index contributed by atoms with van der Waals surface area (Å²) in [6.07, 6.45) is 1.79. The molecule has 1 aromatic heterocycles. The van der Waals surface area contributed by atoms with Gasteiger partial charge in [0.1, 0.15) is 0 Å². The molecule has 0 aliphatic carbocycles. The monoisotopic (exact) mass is 239 g/mol. The Labute approximate surface area is 104 Å². The summed E-state index contributed by atoms with van der Waals surface area (Å²) in [6.45, 7) is 9.47. The molecule has 0 bridgehead atoms. The van der Waals surface area contributed by atoms with Gasteiger partial charge in [0.05, 0.1) is 5.69 Å². The molecule has 1 atom stereocenters. The summed E-state index contributed by atoms with van der Waals surface area (Å²) in [7, 11) is 1.97. The normalized spacial score (nSPS) is 14.9. The Balaban J connectivity index is 2.72. The number of aliphatic hydroxyl groups is 1. The summed E-state index contributed by atoms with van der Waals surface area (Å²) in [5.74, 6) is 0. The first-order chi connectivity index (χ1) is 7.93. The van der Waals surface area contributed by atoms with Crippen LogP contribution in [0.3, 0.4) is 0 Å². The lowest BCUT2D eigenvalue weighted by molar-refractivity contribution is 0.214. The molecule has 4 nitrogen and oxygen atoms in total. The van der Waals surface area contributed by atoms with Gasteiger partial charge in [0, 0.05) is 37.0 Å². The fraction of sp³-hybridized carbons (Fsp3) is 0.769. The standard InChI is InChI=1S/C13H25N3O/c1-6-13(4,7-8-17)14-9-12-10(2)15-16(5)11(12)3/h14,17H,6-9H2,1-5H3. The van der Waals surface area contributed by atoms with E-state index in [2.05, 4.69) is 31.2 Å². The van der Waals surface area contributed by atoms with E-state index in [-0.39, 0.29) is 12.1 Å². The molecule has 0 aliphatic heterocycles. The lowest BCUT2D eigenvalue weighted by atomic mass is 9.94. The van der Waals surface area contributed by atoms with Crippen molar-refractivity contribution in [3.63, 3.8) is 0 Å². The summed E-state index contributed by atoms with van der Waals surface area (Å²) in [4.78, 5) is 0. The average Bonchev–Trinajstić information content (AvgIpc) is 2.52. The van der Waals surface area contributed by atoms with E-state index in [1.54, 1.807) is 0 Å². The summed E-state index contributed by atoms with van der Waals surface area (Å²) < 4.78 is 1.92. The van der Waals surface area contributed by atoms with Crippen LogP contribution in [-0.2, 0) is 13.6 Å². The number of aryl methyl sites for hydroxylation is 2. The van der Waals surface area contributed by atoms with Crippen LogP contribution in [0.25, 0.3) is 0 Å². The molecular formula is C13H25N3O. The van der Waals surface area contributed by atoms with Crippen molar-refractivity contribution >= 4 is 0 Å². The lowest BCUT2D eigenvalue weighted by Crippen LogP contribution is -2.42. The van der Waals surface area contributed by atoms with E-state index in [0.717, 1.165) is 25.1 Å². The van der Waals surface area contributed by atoms with Crippen LogP contribution >= 0.6 is 0 Å². The van der Waals surface area contributed by atoms with Crippen LogP contribution in [0.2, 0.25) is 0 Å². The Hall–Kier alpha value is -0.870. The van der Waals surface area contributed by atoms with E-state index < -0.39 is 0 Å². The SMILES string of the molecule is CCC(C)(CCO)NCc1c(C)nn(C)c1C. The number of hydrogen-bond acceptors (Lipinski definition) is 3. The molecule has 0 spiro atoms. The first-order valence-electron chi connectivity index (χ1n) is 6.28. The van der Waals surface area contributed by atoms with Crippen LogP contribution in [0.5, 0.6) is 0 Å². The quantitative estimate of drug-likeness (QED) is 0.794. The Bertz CT molecular complexity index is 373. The van der Waals surface area contributed by atoms with Gasteiger partial charge in [-0.2, -0.15) is 5.10 Å². The third-order valence-electron chi connectivity index (χ3n) is 3.79. The second kappa shape index (κ2) is 5.65. The van der Waals surface area contributed by atoms with Crippen LogP contribution in [0.15, 0.2) is 0 Å². The van der Waals surface area contributed by atoms with E-state index >= 15 is 0 Å². The first kappa shape index (κ1) is 14.2. The van der Waals surface area contributed by atoms with Crippen molar-refractivity contribution in [3.05, 3.63) is 17.0 Å². The van der Waals surface area contributed by atoms with Crippen molar-refractivity contribution in [1.82, 2.24) is 15.1 Å². The number of rotatable bonds is 6. The third-order valence-corrected chi connectivity index (χ3v) is 3.79. The van der Waals surface area contributed by atoms with Gasteiger partial charge >= 0.3 is 0 Å². The summed E-state index contributed by atoms with van der Waals surface area (Å²) in [6, 6.07) is 0. The minimum atomic E-state index is 0.00344. The maximum atomic E-state index is 9.09. The largest absolute Gasteiger partial charge is 0.396 e. The highest BCUT2D eigenvalue weighted by Gasteiger charge is 2.21. The molecule has 17 heavy (non-hydrogen) atoms. The highest BCUT2D eigenvalue weighted by atomic mass is 16.3. The number of nitrogens with zero attached hydrogens (tertiary/aromatic N) is 2. The van der Waals surface area contributed by atoms with Crippen molar-refractivity contribution in [3.8, 4) is 0 Å². The minimum Gasteiger partial charge on any atom is -0.396 e. The Morgan fingerprint density at radius 3 is 2.47 bits per heavy atom. The van der Waals surface area contributed by atoms with Gasteiger partial charge in [0.15, 0.2) is 0 Å². The fourth-order valence-electron chi connectivity index (χ4n) is 2.01. The number of aliphatic hydroxyl groups excluding tert-OH is 1. The van der Waals surface area contributed by atoms with Gasteiger partial charge in [-0.1, -0.05) is 6.92 Å². The Morgan fingerprint density at radius 1 is 1.41 bits per heavy atom. The Kier molecular flexibility index (Phi) is 4.71. The topological polar surface area (TPSA) is 50.1 Å². The van der Waals surface area contributed by atoms with Gasteiger partial charge < -0.3 is 10.4 Å². The fourth-order valence-corrected chi connectivity index (χ4v) is 2.01. The third kappa shape index (κ3) is 3.30. The van der Waals surface area contributed by atoms with E-state index in [9.17, 15) is 0 Å². The predicted octanol–water partition coefficient (Wildman–Crippen LogP) is 1.68. The molecule has 2 N–H and O–H groups in total. The summed E-state index contributed by atoms with van der Waals surface area (Å²) in [5, 5.41) is 17.0. The Morgan fingerprint density at radius 2 is 2.06 bits per heavy atom. The number of nitrogens with one attached hydrogen (secondary N) is 1. The zero-order chi connectivity index (χ0) is 13.1. The molecule has 1 rings (SSSR count). The van der Waals surface area contributed by atoms with Crippen molar-refractivity contribution in [1.29, 1.82) is 0 Å². The van der Waals surface area contributed by atoms with Gasteiger partial charge in [-0.05, 0) is 33.6 Å². The predicted molar refractivity (Wildman–Crippen MR) is 69.9 cm³/mol. The average molecular weight is 239 g/mol. The van der Waals surface area contributed by atoms with Crippen LogP contribution < -0.4 is 5.32 Å². The molecule has 0 aliphatic rings. The molecule has 0 amide bonds. The highest BCUT2D eigenvalue weighted by Crippen LogP contribution is 2.17. The van der Waals surface area contributed by atoms with Crippen LogP contribution in [0, 0.1) is 13.8 Å². The molecule has 0 aromatic carbocycles. The second-order valence-electron chi connectivity index (χ2n) is 5.01. The van der Waals surface area contributed by atoms with E-state index in [1.165, 1.54) is 11.3 Å². The minimum absolute atomic E-state index is 0.00344. The highest BCUT2D eigenvalue weighted by molar-refractivity contribution is 5.24. The molecule has 1 aromatic rings. The number of aromatic nitrogens is 2. The number of hydrogen-bond donors (Lipinski definition) is 2. The molecule has 0 fully saturated rings. The molecule has 1 heterocycles. The van der Waals surface area contributed by atoms with Crippen molar-refractivity contribution < 1.29 is 5.11 Å². The summed E-state index contributed by atoms with van der Waals surface area (Å²) in [5.41, 5.74) is 3.56. The van der Waals surface area contributed by atoms with Gasteiger partial charge in [-0.15, -0.1) is 0 Å². The van der Waals surface area contributed by atoms with Gasteiger partial charge in [-0.3, -0.25) is 4.68 Å². The zero-order valence-corrected chi connectivity index (χ0v) is 11.7. The molecule has 0 saturated heterocycles. The van der Waals surface area contributed by atoms with Crippen LogP contribution in [0.1, 0.15) is 43.6 Å². The van der Waals surface area contributed by atoms with Gasteiger partial charge in [-0.25, -0.2) is 0 Å². The maximum Gasteiger partial charge on any atom is 0.0641 e. The van der Waals surface area contributed by atoms with Crippen molar-refractivity contribution in [2.45, 2.75) is 52.6 Å². The van der Waals surface area contributed by atoms with E-state index in [0.29, 0.717) is 0 Å².